The molecule has 0 bridgehead atoms. The second-order valence-electron chi connectivity index (χ2n) is 7.18. The van der Waals surface area contributed by atoms with E-state index in [0.29, 0.717) is 0 Å². The van der Waals surface area contributed by atoms with Crippen molar-refractivity contribution in [1.82, 2.24) is 0 Å². The lowest BCUT2D eigenvalue weighted by molar-refractivity contribution is 0.281. The monoisotopic (exact) mass is 300 g/mol. The molecule has 1 aromatic carbocycles. The molecule has 0 saturated carbocycles. The summed E-state index contributed by atoms with van der Waals surface area (Å²) >= 11 is 0. The number of aryl methyl sites for hydroxylation is 1. The molecular weight excluding hydrogens is 275 g/mol. The van der Waals surface area contributed by atoms with Crippen LogP contribution in [0.2, 0.25) is 0 Å². The Kier molecular flexibility index (Phi) is 4.75. The van der Waals surface area contributed by atoms with Crippen molar-refractivity contribution in [2.24, 2.45) is 5.41 Å². The third kappa shape index (κ3) is 5.28. The fraction of sp³-hybridized carbons (Fsp3) is 0.600. The van der Waals surface area contributed by atoms with Crippen LogP contribution in [-0.4, -0.2) is 9.79 Å². The first-order valence-corrected chi connectivity index (χ1v) is 8.19. The predicted molar refractivity (Wildman–Crippen MR) is 80.9 cm³/mol. The number of phosphoric ester groups is 1. The molecule has 0 heterocycles. The second-order valence-corrected chi connectivity index (χ2v) is 8.35. The van der Waals surface area contributed by atoms with Gasteiger partial charge in [-0.2, -0.15) is 0 Å². The zero-order valence-corrected chi connectivity index (χ0v) is 14.0. The van der Waals surface area contributed by atoms with Gasteiger partial charge in [0, 0.05) is 0 Å². The Morgan fingerprint density at radius 1 is 1.15 bits per heavy atom. The average Bonchev–Trinajstić information content (AvgIpc) is 2.15. The standard InChI is InChI=1S/C15H25O4P/c1-11-9-12(15(5,6)10-14(2,3)4)7-8-13(11)19-20(16,17)18/h7-9H,10H2,1-6H3,(H2,16,17,18). The van der Waals surface area contributed by atoms with Gasteiger partial charge in [-0.25, -0.2) is 4.57 Å². The van der Waals surface area contributed by atoms with E-state index in [1.165, 1.54) is 0 Å². The lowest BCUT2D eigenvalue weighted by Gasteiger charge is -2.33. The molecule has 1 rings (SSSR count). The van der Waals surface area contributed by atoms with Crippen LogP contribution >= 0.6 is 7.82 Å². The second kappa shape index (κ2) is 5.51. The van der Waals surface area contributed by atoms with Crippen LogP contribution in [0.3, 0.4) is 0 Å². The Labute approximate surface area is 121 Å². The molecule has 0 aliphatic carbocycles. The van der Waals surface area contributed by atoms with Crippen LogP contribution in [0.5, 0.6) is 5.75 Å². The summed E-state index contributed by atoms with van der Waals surface area (Å²) in [5, 5.41) is 0. The van der Waals surface area contributed by atoms with E-state index in [-0.39, 0.29) is 16.6 Å². The summed E-state index contributed by atoms with van der Waals surface area (Å²) in [6.45, 7) is 12.8. The maximum absolute atomic E-state index is 10.9. The molecule has 0 atom stereocenters. The molecule has 0 aliphatic rings. The maximum atomic E-state index is 10.9. The molecule has 0 radical (unpaired) electrons. The number of benzene rings is 1. The summed E-state index contributed by atoms with van der Waals surface area (Å²) in [7, 11) is -4.50. The lowest BCUT2D eigenvalue weighted by atomic mass is 9.72. The van der Waals surface area contributed by atoms with Gasteiger partial charge in [-0.1, -0.05) is 46.8 Å². The quantitative estimate of drug-likeness (QED) is 0.819. The van der Waals surface area contributed by atoms with Gasteiger partial charge in [-0.15, -0.1) is 0 Å². The molecule has 0 saturated heterocycles. The minimum absolute atomic E-state index is 0.0103. The highest BCUT2D eigenvalue weighted by Crippen LogP contribution is 2.41. The summed E-state index contributed by atoms with van der Waals surface area (Å²) in [4.78, 5) is 17.7. The van der Waals surface area contributed by atoms with E-state index in [0.717, 1.165) is 17.5 Å². The van der Waals surface area contributed by atoms with Gasteiger partial charge in [0.05, 0.1) is 0 Å². The molecule has 0 unspecified atom stereocenters. The van der Waals surface area contributed by atoms with Crippen LogP contribution in [0.4, 0.5) is 0 Å². The van der Waals surface area contributed by atoms with Crippen molar-refractivity contribution >= 4 is 7.82 Å². The number of rotatable bonds is 4. The highest BCUT2D eigenvalue weighted by atomic mass is 31.2. The predicted octanol–water partition coefficient (Wildman–Crippen LogP) is 4.18. The van der Waals surface area contributed by atoms with E-state index in [1.54, 1.807) is 13.0 Å². The van der Waals surface area contributed by atoms with Crippen molar-refractivity contribution < 1.29 is 18.9 Å². The molecule has 0 aliphatic heterocycles. The van der Waals surface area contributed by atoms with E-state index in [1.807, 2.05) is 12.1 Å². The van der Waals surface area contributed by atoms with Crippen molar-refractivity contribution in [3.8, 4) is 5.75 Å². The highest BCUT2D eigenvalue weighted by molar-refractivity contribution is 7.46. The van der Waals surface area contributed by atoms with Crippen LogP contribution in [-0.2, 0) is 9.98 Å². The summed E-state index contributed by atoms with van der Waals surface area (Å²) < 4.78 is 15.6. The van der Waals surface area contributed by atoms with Gasteiger partial charge in [0.15, 0.2) is 0 Å². The van der Waals surface area contributed by atoms with E-state index in [9.17, 15) is 4.57 Å². The van der Waals surface area contributed by atoms with Crippen LogP contribution < -0.4 is 4.52 Å². The molecule has 2 N–H and O–H groups in total. The Bertz CT molecular complexity index is 523. The normalized spacial score (nSPS) is 13.4. The summed E-state index contributed by atoms with van der Waals surface area (Å²) in [6.07, 6.45) is 1.01. The van der Waals surface area contributed by atoms with Gasteiger partial charge < -0.3 is 4.52 Å². The first kappa shape index (κ1) is 17.2. The fourth-order valence-corrected chi connectivity index (χ4v) is 3.19. The van der Waals surface area contributed by atoms with Gasteiger partial charge in [-0.3, -0.25) is 9.79 Å². The van der Waals surface area contributed by atoms with E-state index in [2.05, 4.69) is 39.1 Å². The third-order valence-electron chi connectivity index (χ3n) is 3.15. The largest absolute Gasteiger partial charge is 0.524 e. The van der Waals surface area contributed by atoms with Crippen LogP contribution in [0.15, 0.2) is 18.2 Å². The van der Waals surface area contributed by atoms with E-state index in [4.69, 9.17) is 9.79 Å². The van der Waals surface area contributed by atoms with Crippen molar-refractivity contribution in [3.05, 3.63) is 29.3 Å². The Balaban J connectivity index is 3.06. The Hall–Kier alpha value is -0.830. The van der Waals surface area contributed by atoms with Crippen molar-refractivity contribution in [2.45, 2.75) is 53.4 Å². The lowest BCUT2D eigenvalue weighted by Crippen LogP contribution is -2.24. The smallest absolute Gasteiger partial charge is 0.404 e. The van der Waals surface area contributed by atoms with Gasteiger partial charge in [0.2, 0.25) is 0 Å². The number of hydrogen-bond acceptors (Lipinski definition) is 2. The number of hydrogen-bond donors (Lipinski definition) is 2. The summed E-state index contributed by atoms with van der Waals surface area (Å²) in [5.41, 5.74) is 2.07. The van der Waals surface area contributed by atoms with Gasteiger partial charge in [0.1, 0.15) is 5.75 Å². The van der Waals surface area contributed by atoms with Crippen LogP contribution in [0, 0.1) is 12.3 Å². The molecule has 0 amide bonds. The minimum Gasteiger partial charge on any atom is -0.404 e. The van der Waals surface area contributed by atoms with Gasteiger partial charge in [-0.05, 0) is 41.4 Å². The molecular formula is C15H25O4P. The van der Waals surface area contributed by atoms with Gasteiger partial charge in [0.25, 0.3) is 0 Å². The van der Waals surface area contributed by atoms with Crippen molar-refractivity contribution in [1.29, 1.82) is 0 Å². The molecule has 0 spiro atoms. The van der Waals surface area contributed by atoms with Crippen LogP contribution in [0.25, 0.3) is 0 Å². The zero-order valence-electron chi connectivity index (χ0n) is 13.1. The first-order chi connectivity index (χ1) is 8.80. The topological polar surface area (TPSA) is 66.8 Å². The molecule has 114 valence electrons. The third-order valence-corrected chi connectivity index (χ3v) is 3.58. The Morgan fingerprint density at radius 2 is 1.70 bits per heavy atom. The molecule has 4 nitrogen and oxygen atoms in total. The maximum Gasteiger partial charge on any atom is 0.524 e. The zero-order chi connectivity index (χ0) is 15.8. The SMILES string of the molecule is Cc1cc(C(C)(C)CC(C)(C)C)ccc1OP(=O)(O)O. The van der Waals surface area contributed by atoms with E-state index < -0.39 is 7.82 Å². The molecule has 20 heavy (non-hydrogen) atoms. The molecule has 1 aromatic rings. The molecule has 0 aromatic heterocycles. The highest BCUT2D eigenvalue weighted by Gasteiger charge is 2.28. The van der Waals surface area contributed by atoms with Gasteiger partial charge >= 0.3 is 7.82 Å². The van der Waals surface area contributed by atoms with Crippen molar-refractivity contribution in [2.75, 3.05) is 0 Å². The summed E-state index contributed by atoms with van der Waals surface area (Å²) in [6, 6.07) is 5.45. The number of phosphoric acid groups is 1. The minimum atomic E-state index is -4.50. The van der Waals surface area contributed by atoms with E-state index >= 15 is 0 Å². The Morgan fingerprint density at radius 3 is 2.10 bits per heavy atom. The fourth-order valence-electron chi connectivity index (χ4n) is 2.73. The van der Waals surface area contributed by atoms with Crippen molar-refractivity contribution in [3.63, 3.8) is 0 Å². The molecule has 5 heteroatoms. The van der Waals surface area contributed by atoms with Crippen LogP contribution in [0.1, 0.15) is 52.2 Å². The average molecular weight is 300 g/mol. The molecule has 0 fully saturated rings. The first-order valence-electron chi connectivity index (χ1n) is 6.66. The summed E-state index contributed by atoms with van der Waals surface area (Å²) in [5.74, 6) is 0.230.